The Morgan fingerprint density at radius 1 is 1.10 bits per heavy atom. The highest BCUT2D eigenvalue weighted by atomic mass is 16.1. The van der Waals surface area contributed by atoms with Crippen LogP contribution in [0.3, 0.4) is 0 Å². The van der Waals surface area contributed by atoms with Gasteiger partial charge in [-0.15, -0.1) is 0 Å². The average molecular weight is 282 g/mol. The van der Waals surface area contributed by atoms with Gasteiger partial charge in [0.1, 0.15) is 0 Å². The van der Waals surface area contributed by atoms with Crippen LogP contribution in [0.25, 0.3) is 0 Å². The van der Waals surface area contributed by atoms with Crippen molar-refractivity contribution in [3.8, 4) is 0 Å². The summed E-state index contributed by atoms with van der Waals surface area (Å²) >= 11 is 0. The molecule has 3 nitrogen and oxygen atoms in total. The Balaban J connectivity index is 2.27. The van der Waals surface area contributed by atoms with Crippen LogP contribution in [0.2, 0.25) is 0 Å². The van der Waals surface area contributed by atoms with E-state index in [-0.39, 0.29) is 5.91 Å². The van der Waals surface area contributed by atoms with Crippen LogP contribution in [0.5, 0.6) is 0 Å². The molecular weight excluding hydrogens is 260 g/mol. The monoisotopic (exact) mass is 282 g/mol. The standard InChI is InChI=1S/C18H22N2O/c1-20(2)13-17(11-14-7-4-3-5-8-14)15-9-6-10-16(12-15)18(19)21/h3-10,12,17H,11,13H2,1-2H3,(H2,19,21). The molecule has 1 atom stereocenters. The van der Waals surface area contributed by atoms with E-state index < -0.39 is 0 Å². The number of nitrogens with two attached hydrogens (primary N) is 1. The van der Waals surface area contributed by atoms with E-state index in [4.69, 9.17) is 5.73 Å². The maximum Gasteiger partial charge on any atom is 0.248 e. The Bertz CT molecular complexity index is 593. The summed E-state index contributed by atoms with van der Waals surface area (Å²) < 4.78 is 0. The van der Waals surface area contributed by atoms with Crippen molar-refractivity contribution in [3.63, 3.8) is 0 Å². The number of rotatable bonds is 6. The van der Waals surface area contributed by atoms with Gasteiger partial charge in [0.15, 0.2) is 0 Å². The zero-order valence-electron chi connectivity index (χ0n) is 12.6. The summed E-state index contributed by atoms with van der Waals surface area (Å²) in [7, 11) is 4.13. The van der Waals surface area contributed by atoms with E-state index in [1.165, 1.54) is 5.56 Å². The highest BCUT2D eigenvalue weighted by Crippen LogP contribution is 2.22. The van der Waals surface area contributed by atoms with Crippen molar-refractivity contribution in [2.45, 2.75) is 12.3 Å². The normalized spacial score (nSPS) is 12.3. The fourth-order valence-corrected chi connectivity index (χ4v) is 2.57. The number of nitrogens with zero attached hydrogens (tertiary/aromatic N) is 1. The van der Waals surface area contributed by atoms with Crippen LogP contribution >= 0.6 is 0 Å². The van der Waals surface area contributed by atoms with Gasteiger partial charge in [-0.3, -0.25) is 4.79 Å². The van der Waals surface area contributed by atoms with E-state index >= 15 is 0 Å². The second kappa shape index (κ2) is 7.04. The molecule has 110 valence electrons. The lowest BCUT2D eigenvalue weighted by atomic mass is 9.90. The summed E-state index contributed by atoms with van der Waals surface area (Å²) in [6.45, 7) is 0.928. The highest BCUT2D eigenvalue weighted by Gasteiger charge is 2.15. The van der Waals surface area contributed by atoms with Crippen molar-refractivity contribution in [2.24, 2.45) is 5.73 Å². The first-order valence-electron chi connectivity index (χ1n) is 7.14. The molecule has 0 saturated heterocycles. The fraction of sp³-hybridized carbons (Fsp3) is 0.278. The molecule has 1 amide bonds. The van der Waals surface area contributed by atoms with Gasteiger partial charge in [-0.1, -0.05) is 42.5 Å². The third-order valence-corrected chi connectivity index (χ3v) is 3.55. The van der Waals surface area contributed by atoms with Crippen molar-refractivity contribution in [2.75, 3.05) is 20.6 Å². The largest absolute Gasteiger partial charge is 0.366 e. The predicted molar refractivity (Wildman–Crippen MR) is 86.4 cm³/mol. The van der Waals surface area contributed by atoms with Gasteiger partial charge < -0.3 is 10.6 Å². The third kappa shape index (κ3) is 4.43. The molecule has 0 radical (unpaired) electrons. The van der Waals surface area contributed by atoms with Crippen molar-refractivity contribution in [1.29, 1.82) is 0 Å². The Morgan fingerprint density at radius 2 is 1.81 bits per heavy atom. The molecule has 0 aliphatic rings. The van der Waals surface area contributed by atoms with E-state index in [1.807, 2.05) is 18.2 Å². The summed E-state index contributed by atoms with van der Waals surface area (Å²) in [5.41, 5.74) is 8.42. The molecule has 2 aromatic carbocycles. The van der Waals surface area contributed by atoms with E-state index in [0.717, 1.165) is 18.5 Å². The molecule has 3 heteroatoms. The maximum atomic E-state index is 11.4. The third-order valence-electron chi connectivity index (χ3n) is 3.55. The number of carbonyl (C=O) groups excluding carboxylic acids is 1. The summed E-state index contributed by atoms with van der Waals surface area (Å²) in [6, 6.07) is 18.1. The van der Waals surface area contributed by atoms with Gasteiger partial charge >= 0.3 is 0 Å². The molecule has 0 aromatic heterocycles. The van der Waals surface area contributed by atoms with Gasteiger partial charge in [0.05, 0.1) is 0 Å². The molecular formula is C18H22N2O. The lowest BCUT2D eigenvalue weighted by Crippen LogP contribution is -2.22. The Kier molecular flexibility index (Phi) is 5.12. The van der Waals surface area contributed by atoms with Crippen LogP contribution in [0.15, 0.2) is 54.6 Å². The minimum absolute atomic E-state index is 0.335. The first kappa shape index (κ1) is 15.3. The molecule has 2 aromatic rings. The summed E-state index contributed by atoms with van der Waals surface area (Å²) in [5, 5.41) is 0. The number of likely N-dealkylation sites (N-methyl/N-ethyl adjacent to an activating group) is 1. The molecule has 0 aliphatic heterocycles. The van der Waals surface area contributed by atoms with E-state index in [9.17, 15) is 4.79 Å². The zero-order chi connectivity index (χ0) is 15.2. The lowest BCUT2D eigenvalue weighted by molar-refractivity contribution is 0.1000. The number of primary amides is 1. The molecule has 0 aliphatic carbocycles. The quantitative estimate of drug-likeness (QED) is 0.885. The molecule has 2 N–H and O–H groups in total. The number of benzene rings is 2. The minimum atomic E-state index is -0.375. The van der Waals surface area contributed by atoms with E-state index in [0.29, 0.717) is 11.5 Å². The van der Waals surface area contributed by atoms with Crippen LogP contribution in [-0.4, -0.2) is 31.4 Å². The Hall–Kier alpha value is -2.13. The first-order valence-corrected chi connectivity index (χ1v) is 7.14. The van der Waals surface area contributed by atoms with Crippen molar-refractivity contribution < 1.29 is 4.79 Å². The maximum absolute atomic E-state index is 11.4. The molecule has 0 saturated carbocycles. The minimum Gasteiger partial charge on any atom is -0.366 e. The predicted octanol–water partition coefficient (Wildman–Crippen LogP) is 2.67. The molecule has 2 rings (SSSR count). The Labute approximate surface area is 126 Å². The molecule has 0 bridgehead atoms. The molecule has 0 fully saturated rings. The van der Waals surface area contributed by atoms with E-state index in [2.05, 4.69) is 49.3 Å². The first-order chi connectivity index (χ1) is 10.1. The number of hydrogen-bond donors (Lipinski definition) is 1. The van der Waals surface area contributed by atoms with Gasteiger partial charge in [0, 0.05) is 18.0 Å². The summed E-state index contributed by atoms with van der Waals surface area (Å²) in [4.78, 5) is 13.5. The van der Waals surface area contributed by atoms with Crippen LogP contribution in [0, 0.1) is 0 Å². The van der Waals surface area contributed by atoms with Crippen molar-refractivity contribution in [3.05, 3.63) is 71.3 Å². The smallest absolute Gasteiger partial charge is 0.248 e. The number of amides is 1. The average Bonchev–Trinajstić information content (AvgIpc) is 2.47. The molecule has 21 heavy (non-hydrogen) atoms. The van der Waals surface area contributed by atoms with Crippen LogP contribution in [-0.2, 0) is 6.42 Å². The Morgan fingerprint density at radius 3 is 2.43 bits per heavy atom. The SMILES string of the molecule is CN(C)CC(Cc1ccccc1)c1cccc(C(N)=O)c1. The van der Waals surface area contributed by atoms with Gasteiger partial charge in [-0.2, -0.15) is 0 Å². The lowest BCUT2D eigenvalue weighted by Gasteiger charge is -2.22. The number of hydrogen-bond acceptors (Lipinski definition) is 2. The second-order valence-electron chi connectivity index (χ2n) is 5.64. The van der Waals surface area contributed by atoms with Gasteiger partial charge in [-0.05, 0) is 43.8 Å². The van der Waals surface area contributed by atoms with E-state index in [1.54, 1.807) is 6.07 Å². The van der Waals surface area contributed by atoms with Gasteiger partial charge in [-0.25, -0.2) is 0 Å². The molecule has 0 spiro atoms. The highest BCUT2D eigenvalue weighted by molar-refractivity contribution is 5.92. The van der Waals surface area contributed by atoms with Crippen LogP contribution < -0.4 is 5.73 Å². The van der Waals surface area contributed by atoms with Gasteiger partial charge in [0.25, 0.3) is 0 Å². The summed E-state index contributed by atoms with van der Waals surface area (Å²) in [5.74, 6) is -0.0399. The van der Waals surface area contributed by atoms with Crippen LogP contribution in [0.1, 0.15) is 27.4 Å². The van der Waals surface area contributed by atoms with Gasteiger partial charge in [0.2, 0.25) is 5.91 Å². The summed E-state index contributed by atoms with van der Waals surface area (Å²) in [6.07, 6.45) is 0.946. The topological polar surface area (TPSA) is 46.3 Å². The van der Waals surface area contributed by atoms with Crippen LogP contribution in [0.4, 0.5) is 0 Å². The fourth-order valence-electron chi connectivity index (χ4n) is 2.57. The second-order valence-corrected chi connectivity index (χ2v) is 5.64. The molecule has 1 unspecified atom stereocenters. The van der Waals surface area contributed by atoms with Crippen molar-refractivity contribution >= 4 is 5.91 Å². The zero-order valence-corrected chi connectivity index (χ0v) is 12.6. The molecule has 0 heterocycles. The van der Waals surface area contributed by atoms with Crippen molar-refractivity contribution in [1.82, 2.24) is 4.90 Å². The number of carbonyl (C=O) groups is 1.